The predicted octanol–water partition coefficient (Wildman–Crippen LogP) is 1.46. The summed E-state index contributed by atoms with van der Waals surface area (Å²) in [5.74, 6) is 1.79. The first-order chi connectivity index (χ1) is 10.2. The van der Waals surface area contributed by atoms with Crippen molar-refractivity contribution in [2.75, 3.05) is 51.0 Å². The van der Waals surface area contributed by atoms with Gasteiger partial charge in [-0.1, -0.05) is 6.92 Å². The van der Waals surface area contributed by atoms with Crippen molar-refractivity contribution in [3.63, 3.8) is 0 Å². The number of rotatable bonds is 7. The molecule has 1 aliphatic rings. The van der Waals surface area contributed by atoms with Crippen molar-refractivity contribution in [2.24, 2.45) is 5.92 Å². The topological polar surface area (TPSA) is 75.2 Å². The molecule has 0 atom stereocenters. The van der Waals surface area contributed by atoms with Crippen LogP contribution in [-0.4, -0.2) is 60.2 Å². The van der Waals surface area contributed by atoms with E-state index in [-0.39, 0.29) is 0 Å². The van der Waals surface area contributed by atoms with Crippen molar-refractivity contribution in [1.82, 2.24) is 19.9 Å². The van der Waals surface area contributed by atoms with E-state index in [4.69, 9.17) is 4.74 Å². The Balaban J connectivity index is 1.91. The Kier molecular flexibility index (Phi) is 5.98. The minimum atomic E-state index is 0.377. The Bertz CT molecular complexity index is 433. The highest BCUT2D eigenvalue weighted by Gasteiger charge is 2.17. The lowest BCUT2D eigenvalue weighted by Gasteiger charge is -2.28. The van der Waals surface area contributed by atoms with Crippen molar-refractivity contribution < 1.29 is 4.74 Å². The van der Waals surface area contributed by atoms with Gasteiger partial charge in [-0.05, 0) is 45.3 Å². The lowest BCUT2D eigenvalue weighted by Crippen LogP contribution is -2.33. The van der Waals surface area contributed by atoms with Crippen molar-refractivity contribution in [1.29, 1.82) is 0 Å². The second kappa shape index (κ2) is 7.97. The summed E-state index contributed by atoms with van der Waals surface area (Å²) < 4.78 is 5.50. The zero-order valence-electron chi connectivity index (χ0n) is 13.2. The highest BCUT2D eigenvalue weighted by atomic mass is 16.5. The summed E-state index contributed by atoms with van der Waals surface area (Å²) in [5, 5.41) is 6.26. The number of hydrogen-bond acceptors (Lipinski definition) is 7. The van der Waals surface area contributed by atoms with Gasteiger partial charge in [0.25, 0.3) is 0 Å². The van der Waals surface area contributed by atoms with Gasteiger partial charge in [0.2, 0.25) is 11.9 Å². The molecule has 1 aromatic heterocycles. The SMILES string of the molecule is CCCOc1nc(NC)nc(NCC2CCN(C)CC2)n1. The van der Waals surface area contributed by atoms with Crippen LogP contribution in [0.15, 0.2) is 0 Å². The number of nitrogens with one attached hydrogen (secondary N) is 2. The smallest absolute Gasteiger partial charge is 0.323 e. The fraction of sp³-hybridized carbons (Fsp3) is 0.786. The van der Waals surface area contributed by atoms with Crippen LogP contribution >= 0.6 is 0 Å². The van der Waals surface area contributed by atoms with Crippen LogP contribution in [0.25, 0.3) is 0 Å². The molecule has 1 aromatic rings. The van der Waals surface area contributed by atoms with Gasteiger partial charge >= 0.3 is 6.01 Å². The zero-order chi connectivity index (χ0) is 15.1. The van der Waals surface area contributed by atoms with Gasteiger partial charge in [0.05, 0.1) is 6.61 Å². The third-order valence-electron chi connectivity index (χ3n) is 3.66. The quantitative estimate of drug-likeness (QED) is 0.788. The number of nitrogens with zero attached hydrogens (tertiary/aromatic N) is 4. The van der Waals surface area contributed by atoms with Gasteiger partial charge in [-0.15, -0.1) is 0 Å². The fourth-order valence-corrected chi connectivity index (χ4v) is 2.31. The molecule has 0 saturated carbocycles. The molecule has 0 radical (unpaired) electrons. The molecule has 0 spiro atoms. The molecule has 1 saturated heterocycles. The minimum absolute atomic E-state index is 0.377. The summed E-state index contributed by atoms with van der Waals surface area (Å²) >= 11 is 0. The molecule has 7 heteroatoms. The molecule has 0 aromatic carbocycles. The Hall–Kier alpha value is -1.63. The van der Waals surface area contributed by atoms with Crippen LogP contribution in [0.2, 0.25) is 0 Å². The summed E-state index contributed by atoms with van der Waals surface area (Å²) in [6.45, 7) is 5.89. The number of hydrogen-bond donors (Lipinski definition) is 2. The zero-order valence-corrected chi connectivity index (χ0v) is 13.2. The van der Waals surface area contributed by atoms with Crippen LogP contribution < -0.4 is 15.4 Å². The number of likely N-dealkylation sites (tertiary alicyclic amines) is 1. The first-order valence-electron chi connectivity index (χ1n) is 7.70. The maximum atomic E-state index is 5.50. The largest absolute Gasteiger partial charge is 0.463 e. The number of piperidine rings is 1. The van der Waals surface area contributed by atoms with Crippen molar-refractivity contribution in [2.45, 2.75) is 26.2 Å². The molecular weight excluding hydrogens is 268 g/mol. The Labute approximate surface area is 126 Å². The molecule has 2 N–H and O–H groups in total. The third kappa shape index (κ3) is 5.00. The molecule has 0 aliphatic carbocycles. The van der Waals surface area contributed by atoms with E-state index in [0.29, 0.717) is 30.4 Å². The van der Waals surface area contributed by atoms with Gasteiger partial charge in [0.15, 0.2) is 0 Å². The first-order valence-corrected chi connectivity index (χ1v) is 7.70. The Morgan fingerprint density at radius 1 is 1.19 bits per heavy atom. The van der Waals surface area contributed by atoms with Gasteiger partial charge in [0.1, 0.15) is 0 Å². The van der Waals surface area contributed by atoms with E-state index in [1.807, 2.05) is 0 Å². The van der Waals surface area contributed by atoms with E-state index < -0.39 is 0 Å². The average Bonchev–Trinajstić information content (AvgIpc) is 2.52. The van der Waals surface area contributed by atoms with Gasteiger partial charge in [0, 0.05) is 13.6 Å². The highest BCUT2D eigenvalue weighted by Crippen LogP contribution is 2.17. The van der Waals surface area contributed by atoms with E-state index in [1.54, 1.807) is 7.05 Å². The lowest BCUT2D eigenvalue weighted by atomic mass is 9.97. The molecule has 2 heterocycles. The number of aromatic nitrogens is 3. The molecule has 118 valence electrons. The second-order valence-electron chi connectivity index (χ2n) is 5.49. The van der Waals surface area contributed by atoms with Gasteiger partial charge in [-0.3, -0.25) is 0 Å². The summed E-state index contributed by atoms with van der Waals surface area (Å²) in [6, 6.07) is 0.377. The third-order valence-corrected chi connectivity index (χ3v) is 3.66. The fourth-order valence-electron chi connectivity index (χ4n) is 2.31. The van der Waals surface area contributed by atoms with Gasteiger partial charge in [-0.25, -0.2) is 0 Å². The maximum Gasteiger partial charge on any atom is 0.323 e. The first kappa shape index (κ1) is 15.8. The van der Waals surface area contributed by atoms with Crippen molar-refractivity contribution in [3.05, 3.63) is 0 Å². The molecule has 0 amide bonds. The summed E-state index contributed by atoms with van der Waals surface area (Å²) in [4.78, 5) is 15.2. The summed E-state index contributed by atoms with van der Waals surface area (Å²) in [6.07, 6.45) is 3.36. The monoisotopic (exact) mass is 294 g/mol. The van der Waals surface area contributed by atoms with Crippen LogP contribution in [0, 0.1) is 5.92 Å². The van der Waals surface area contributed by atoms with Crippen LogP contribution in [0.3, 0.4) is 0 Å². The standard InChI is InChI=1S/C14H26N6O/c1-4-9-21-14-18-12(15-2)17-13(19-14)16-10-11-5-7-20(3)8-6-11/h11H,4-10H2,1-3H3,(H2,15,16,17,18,19). The van der Waals surface area contributed by atoms with Crippen molar-refractivity contribution >= 4 is 11.9 Å². The Morgan fingerprint density at radius 2 is 1.90 bits per heavy atom. The van der Waals surface area contributed by atoms with Gasteiger partial charge < -0.3 is 20.3 Å². The minimum Gasteiger partial charge on any atom is -0.463 e. The summed E-state index contributed by atoms with van der Waals surface area (Å²) in [5.41, 5.74) is 0. The van der Waals surface area contributed by atoms with Crippen LogP contribution in [0.4, 0.5) is 11.9 Å². The lowest BCUT2D eigenvalue weighted by molar-refractivity contribution is 0.226. The molecule has 1 fully saturated rings. The normalized spacial score (nSPS) is 16.7. The van der Waals surface area contributed by atoms with E-state index in [1.165, 1.54) is 12.8 Å². The van der Waals surface area contributed by atoms with Gasteiger partial charge in [-0.2, -0.15) is 15.0 Å². The molecule has 21 heavy (non-hydrogen) atoms. The number of ether oxygens (including phenoxy) is 1. The molecule has 2 rings (SSSR count). The molecule has 7 nitrogen and oxygen atoms in total. The molecular formula is C14H26N6O. The van der Waals surface area contributed by atoms with Crippen molar-refractivity contribution in [3.8, 4) is 6.01 Å². The molecule has 0 bridgehead atoms. The highest BCUT2D eigenvalue weighted by molar-refractivity contribution is 5.35. The van der Waals surface area contributed by atoms with Crippen LogP contribution in [0.5, 0.6) is 6.01 Å². The predicted molar refractivity (Wildman–Crippen MR) is 83.9 cm³/mol. The summed E-state index contributed by atoms with van der Waals surface area (Å²) in [7, 11) is 3.96. The van der Waals surface area contributed by atoms with E-state index in [0.717, 1.165) is 26.1 Å². The number of anilines is 2. The van der Waals surface area contributed by atoms with E-state index in [2.05, 4.69) is 44.5 Å². The maximum absolute atomic E-state index is 5.50. The molecule has 1 aliphatic heterocycles. The van der Waals surface area contributed by atoms with E-state index in [9.17, 15) is 0 Å². The second-order valence-corrected chi connectivity index (χ2v) is 5.49. The van der Waals surface area contributed by atoms with E-state index >= 15 is 0 Å². The van der Waals surface area contributed by atoms with Crippen LogP contribution in [0.1, 0.15) is 26.2 Å². The average molecular weight is 294 g/mol. The molecule has 0 unspecified atom stereocenters. The van der Waals surface area contributed by atoms with Crippen LogP contribution in [-0.2, 0) is 0 Å². The Morgan fingerprint density at radius 3 is 2.57 bits per heavy atom.